The van der Waals surface area contributed by atoms with Gasteiger partial charge in [0.1, 0.15) is 5.82 Å². The third-order valence-electron chi connectivity index (χ3n) is 3.25. The third-order valence-corrected chi connectivity index (χ3v) is 4.86. The number of hydrogen-bond acceptors (Lipinski definition) is 5. The first-order valence-electron chi connectivity index (χ1n) is 6.64. The summed E-state index contributed by atoms with van der Waals surface area (Å²) in [7, 11) is -2.84. The van der Waals surface area contributed by atoms with Crippen molar-refractivity contribution in [2.24, 2.45) is 0 Å². The topological polar surface area (TPSA) is 62.3 Å². The first-order valence-corrected chi connectivity index (χ1v) is 8.46. The highest BCUT2D eigenvalue weighted by Crippen LogP contribution is 2.17. The number of hydrogen-bond donors (Lipinski definition) is 1. The van der Waals surface area contributed by atoms with E-state index in [1.165, 1.54) is 5.56 Å². The summed E-state index contributed by atoms with van der Waals surface area (Å²) < 4.78 is 22.9. The number of anilines is 1. The van der Waals surface area contributed by atoms with E-state index in [4.69, 9.17) is 0 Å². The fourth-order valence-corrected chi connectivity index (χ4v) is 3.40. The number of aromatic nitrogens is 1. The third kappa shape index (κ3) is 3.91. The maximum Gasteiger partial charge on any atom is 0.153 e. The van der Waals surface area contributed by atoms with Crippen molar-refractivity contribution in [2.75, 3.05) is 36.0 Å². The molecule has 2 heterocycles. The van der Waals surface area contributed by atoms with E-state index in [9.17, 15) is 8.42 Å². The van der Waals surface area contributed by atoms with E-state index in [1.807, 2.05) is 13.0 Å². The predicted molar refractivity (Wildman–Crippen MR) is 77.2 cm³/mol. The van der Waals surface area contributed by atoms with Crippen molar-refractivity contribution in [1.29, 1.82) is 0 Å². The van der Waals surface area contributed by atoms with Crippen molar-refractivity contribution in [3.63, 3.8) is 0 Å². The van der Waals surface area contributed by atoms with Gasteiger partial charge in [-0.2, -0.15) is 0 Å². The highest BCUT2D eigenvalue weighted by atomic mass is 32.2. The maximum absolute atomic E-state index is 11.4. The van der Waals surface area contributed by atoms with Crippen LogP contribution in [0.2, 0.25) is 0 Å². The minimum absolute atomic E-state index is 0.227. The van der Waals surface area contributed by atoms with Crippen LogP contribution < -0.4 is 10.2 Å². The SMILES string of the molecule is CCNCc1cc(C)nc(N2CCS(=O)(=O)CC2)c1. The van der Waals surface area contributed by atoms with Crippen LogP contribution in [0.4, 0.5) is 5.82 Å². The molecule has 0 saturated carbocycles. The molecule has 19 heavy (non-hydrogen) atoms. The molecule has 0 unspecified atom stereocenters. The van der Waals surface area contributed by atoms with Gasteiger partial charge in [-0.1, -0.05) is 6.92 Å². The van der Waals surface area contributed by atoms with Crippen LogP contribution in [0, 0.1) is 6.92 Å². The van der Waals surface area contributed by atoms with Crippen molar-refractivity contribution >= 4 is 15.7 Å². The van der Waals surface area contributed by atoms with Crippen LogP contribution in [0.5, 0.6) is 0 Å². The monoisotopic (exact) mass is 283 g/mol. The Morgan fingerprint density at radius 1 is 1.32 bits per heavy atom. The molecule has 5 nitrogen and oxygen atoms in total. The molecule has 0 aliphatic carbocycles. The minimum Gasteiger partial charge on any atom is -0.355 e. The molecule has 0 radical (unpaired) electrons. The lowest BCUT2D eigenvalue weighted by molar-refractivity contribution is 0.586. The number of sulfone groups is 1. The summed E-state index contributed by atoms with van der Waals surface area (Å²) in [4.78, 5) is 6.58. The molecule has 1 aliphatic heterocycles. The normalized spacial score (nSPS) is 18.5. The van der Waals surface area contributed by atoms with Crippen molar-refractivity contribution < 1.29 is 8.42 Å². The van der Waals surface area contributed by atoms with E-state index in [0.29, 0.717) is 13.1 Å². The molecule has 1 saturated heterocycles. The number of pyridine rings is 1. The molecule has 1 N–H and O–H groups in total. The largest absolute Gasteiger partial charge is 0.355 e. The summed E-state index contributed by atoms with van der Waals surface area (Å²) in [6.45, 7) is 6.88. The average Bonchev–Trinajstić information content (AvgIpc) is 2.35. The molecule has 106 valence electrons. The lowest BCUT2D eigenvalue weighted by atomic mass is 10.2. The molecular weight excluding hydrogens is 262 g/mol. The predicted octanol–water partition coefficient (Wildman–Crippen LogP) is 0.734. The van der Waals surface area contributed by atoms with Gasteiger partial charge in [0, 0.05) is 25.3 Å². The maximum atomic E-state index is 11.4. The van der Waals surface area contributed by atoms with Crippen LogP contribution in [0.1, 0.15) is 18.2 Å². The van der Waals surface area contributed by atoms with Gasteiger partial charge < -0.3 is 10.2 Å². The molecule has 1 aliphatic rings. The van der Waals surface area contributed by atoms with E-state index in [1.54, 1.807) is 0 Å². The van der Waals surface area contributed by atoms with Crippen LogP contribution in [0.15, 0.2) is 12.1 Å². The number of rotatable bonds is 4. The van der Waals surface area contributed by atoms with Gasteiger partial charge in [-0.05, 0) is 31.2 Å². The summed E-state index contributed by atoms with van der Waals surface area (Å²) in [6.07, 6.45) is 0. The van der Waals surface area contributed by atoms with Gasteiger partial charge in [-0.3, -0.25) is 0 Å². The van der Waals surface area contributed by atoms with Gasteiger partial charge in [0.2, 0.25) is 0 Å². The molecular formula is C13H21N3O2S. The van der Waals surface area contributed by atoms with Crippen LogP contribution in [0.3, 0.4) is 0 Å². The first-order chi connectivity index (χ1) is 9.00. The van der Waals surface area contributed by atoms with Crippen molar-refractivity contribution in [3.8, 4) is 0 Å². The molecule has 1 fully saturated rings. The Labute approximate surface area is 114 Å². The Balaban J connectivity index is 2.13. The Bertz CT molecular complexity index is 529. The molecule has 0 bridgehead atoms. The Morgan fingerprint density at radius 2 is 2.00 bits per heavy atom. The molecule has 0 aromatic carbocycles. The number of aryl methyl sites for hydroxylation is 1. The number of nitrogens with one attached hydrogen (secondary N) is 1. The fraction of sp³-hybridized carbons (Fsp3) is 0.615. The van der Waals surface area contributed by atoms with Crippen LogP contribution in [-0.4, -0.2) is 44.5 Å². The van der Waals surface area contributed by atoms with E-state index in [2.05, 4.69) is 28.2 Å². The summed E-state index contributed by atoms with van der Waals surface area (Å²) in [5.74, 6) is 1.35. The Kier molecular flexibility index (Phi) is 4.42. The zero-order chi connectivity index (χ0) is 13.9. The van der Waals surface area contributed by atoms with Crippen LogP contribution in [0.25, 0.3) is 0 Å². The van der Waals surface area contributed by atoms with Crippen molar-refractivity contribution in [2.45, 2.75) is 20.4 Å². The molecule has 0 amide bonds. The van der Waals surface area contributed by atoms with Gasteiger partial charge >= 0.3 is 0 Å². The highest BCUT2D eigenvalue weighted by Gasteiger charge is 2.22. The van der Waals surface area contributed by atoms with E-state index in [0.717, 1.165) is 24.6 Å². The molecule has 0 atom stereocenters. The average molecular weight is 283 g/mol. The van der Waals surface area contributed by atoms with Gasteiger partial charge in [0.25, 0.3) is 0 Å². The van der Waals surface area contributed by atoms with Gasteiger partial charge in [0.15, 0.2) is 9.84 Å². The lowest BCUT2D eigenvalue weighted by Gasteiger charge is -2.28. The van der Waals surface area contributed by atoms with E-state index in [-0.39, 0.29) is 11.5 Å². The highest BCUT2D eigenvalue weighted by molar-refractivity contribution is 7.91. The summed E-state index contributed by atoms with van der Waals surface area (Å²) in [5.41, 5.74) is 2.16. The zero-order valence-electron chi connectivity index (χ0n) is 11.5. The van der Waals surface area contributed by atoms with Crippen molar-refractivity contribution in [3.05, 3.63) is 23.4 Å². The number of nitrogens with zero attached hydrogens (tertiary/aromatic N) is 2. The van der Waals surface area contributed by atoms with Crippen molar-refractivity contribution in [1.82, 2.24) is 10.3 Å². The molecule has 2 rings (SSSR count). The Hall–Kier alpha value is -1.14. The summed E-state index contributed by atoms with van der Waals surface area (Å²) in [5, 5.41) is 3.29. The molecule has 0 spiro atoms. The second kappa shape index (κ2) is 5.88. The van der Waals surface area contributed by atoms with E-state index >= 15 is 0 Å². The Morgan fingerprint density at radius 3 is 2.63 bits per heavy atom. The van der Waals surface area contributed by atoms with Crippen LogP contribution >= 0.6 is 0 Å². The molecule has 1 aromatic rings. The molecule has 1 aromatic heterocycles. The lowest BCUT2D eigenvalue weighted by Crippen LogP contribution is -2.40. The molecule has 6 heteroatoms. The standard InChI is InChI=1S/C13H21N3O2S/c1-3-14-10-12-8-11(2)15-13(9-12)16-4-6-19(17,18)7-5-16/h8-9,14H,3-7,10H2,1-2H3. The smallest absolute Gasteiger partial charge is 0.153 e. The van der Waals surface area contributed by atoms with Gasteiger partial charge in [-0.25, -0.2) is 13.4 Å². The first kappa shape index (κ1) is 14.3. The summed E-state index contributed by atoms with van der Waals surface area (Å²) in [6, 6.07) is 4.11. The zero-order valence-corrected chi connectivity index (χ0v) is 12.3. The minimum atomic E-state index is -2.84. The quantitative estimate of drug-likeness (QED) is 0.883. The fourth-order valence-electron chi connectivity index (χ4n) is 2.20. The second-order valence-electron chi connectivity index (χ2n) is 4.89. The second-order valence-corrected chi connectivity index (χ2v) is 7.20. The van der Waals surface area contributed by atoms with E-state index < -0.39 is 9.84 Å². The summed E-state index contributed by atoms with van der Waals surface area (Å²) >= 11 is 0. The van der Waals surface area contributed by atoms with Gasteiger partial charge in [0.05, 0.1) is 11.5 Å². The van der Waals surface area contributed by atoms with Crippen LogP contribution in [-0.2, 0) is 16.4 Å². The van der Waals surface area contributed by atoms with Gasteiger partial charge in [-0.15, -0.1) is 0 Å².